The molecule has 0 heterocycles. The van der Waals surface area contributed by atoms with Gasteiger partial charge in [-0.15, -0.1) is 6.58 Å². The lowest BCUT2D eigenvalue weighted by Gasteiger charge is -2.10. The summed E-state index contributed by atoms with van der Waals surface area (Å²) in [7, 11) is 0. The predicted octanol–water partition coefficient (Wildman–Crippen LogP) is 2.52. The van der Waals surface area contributed by atoms with Gasteiger partial charge < -0.3 is 5.11 Å². The summed E-state index contributed by atoms with van der Waals surface area (Å²) in [5.74, 6) is 0. The number of hydrogen-bond acceptors (Lipinski definition) is 1. The monoisotopic (exact) mass is 162 g/mol. The molecule has 64 valence electrons. The van der Waals surface area contributed by atoms with Gasteiger partial charge in [0.15, 0.2) is 0 Å². The number of aliphatic hydroxyl groups excluding tert-OH is 1. The topological polar surface area (TPSA) is 20.2 Å². The highest BCUT2D eigenvalue weighted by Crippen LogP contribution is 2.20. The second kappa shape index (κ2) is 3.55. The van der Waals surface area contributed by atoms with E-state index in [2.05, 4.69) is 6.58 Å². The molecule has 1 rings (SSSR count). The molecule has 0 aliphatic heterocycles. The van der Waals surface area contributed by atoms with Gasteiger partial charge in [0.1, 0.15) is 0 Å². The van der Waals surface area contributed by atoms with Gasteiger partial charge in [0.2, 0.25) is 0 Å². The smallest absolute Gasteiger partial charge is 0.0971 e. The van der Waals surface area contributed by atoms with E-state index in [4.69, 9.17) is 0 Å². The summed E-state index contributed by atoms with van der Waals surface area (Å²) in [6.45, 7) is 7.61. The van der Waals surface area contributed by atoms with E-state index in [1.807, 2.05) is 32.0 Å². The van der Waals surface area contributed by atoms with Crippen molar-refractivity contribution in [3.63, 3.8) is 0 Å². The van der Waals surface area contributed by atoms with Crippen LogP contribution < -0.4 is 0 Å². The molecule has 0 saturated heterocycles. The van der Waals surface area contributed by atoms with Crippen molar-refractivity contribution in [3.05, 3.63) is 47.5 Å². The molecule has 0 radical (unpaired) electrons. The first-order valence-electron chi connectivity index (χ1n) is 4.03. The summed E-state index contributed by atoms with van der Waals surface area (Å²) >= 11 is 0. The Labute approximate surface area is 73.4 Å². The third-order valence-electron chi connectivity index (χ3n) is 2.19. The molecule has 1 atom stereocenters. The molecule has 0 aromatic heterocycles. The van der Waals surface area contributed by atoms with Gasteiger partial charge in [0, 0.05) is 0 Å². The first kappa shape index (κ1) is 9.01. The Kier molecular flexibility index (Phi) is 2.66. The minimum Gasteiger partial charge on any atom is -0.384 e. The lowest BCUT2D eigenvalue weighted by Crippen LogP contribution is -1.97. The standard InChI is InChI=1S/C11H14O/c1-4-11(12)10-7-5-6-8(2)9(10)3/h4-7,11-12H,1H2,2-3H3. The van der Waals surface area contributed by atoms with Crippen molar-refractivity contribution in [2.75, 3.05) is 0 Å². The Morgan fingerprint density at radius 3 is 2.67 bits per heavy atom. The van der Waals surface area contributed by atoms with E-state index in [0.29, 0.717) is 0 Å². The van der Waals surface area contributed by atoms with Gasteiger partial charge in [0.25, 0.3) is 0 Å². The van der Waals surface area contributed by atoms with Crippen molar-refractivity contribution in [2.45, 2.75) is 20.0 Å². The zero-order valence-corrected chi connectivity index (χ0v) is 7.54. The third kappa shape index (κ3) is 1.56. The first-order chi connectivity index (χ1) is 5.66. The number of rotatable bonds is 2. The molecule has 0 saturated carbocycles. The predicted molar refractivity (Wildman–Crippen MR) is 51.1 cm³/mol. The largest absolute Gasteiger partial charge is 0.384 e. The summed E-state index contributed by atoms with van der Waals surface area (Å²) in [5.41, 5.74) is 3.29. The Bertz CT molecular complexity index is 289. The van der Waals surface area contributed by atoms with Crippen LogP contribution in [0.5, 0.6) is 0 Å². The van der Waals surface area contributed by atoms with Gasteiger partial charge >= 0.3 is 0 Å². The molecule has 0 aliphatic carbocycles. The molecule has 0 fully saturated rings. The molecule has 0 spiro atoms. The summed E-state index contributed by atoms with van der Waals surface area (Å²) in [4.78, 5) is 0. The molecule has 0 bridgehead atoms. The van der Waals surface area contributed by atoms with Crippen molar-refractivity contribution in [1.82, 2.24) is 0 Å². The second-order valence-electron chi connectivity index (χ2n) is 2.97. The van der Waals surface area contributed by atoms with Crippen molar-refractivity contribution >= 4 is 0 Å². The molecule has 1 nitrogen and oxygen atoms in total. The highest BCUT2D eigenvalue weighted by molar-refractivity contribution is 5.35. The van der Waals surface area contributed by atoms with Crippen LogP contribution in [-0.2, 0) is 0 Å². The SMILES string of the molecule is C=CC(O)c1cccc(C)c1C. The Hall–Kier alpha value is -1.08. The number of aryl methyl sites for hydroxylation is 1. The minimum atomic E-state index is -0.537. The van der Waals surface area contributed by atoms with Crippen LogP contribution in [0.1, 0.15) is 22.8 Å². The first-order valence-corrected chi connectivity index (χ1v) is 4.03. The van der Waals surface area contributed by atoms with E-state index in [-0.39, 0.29) is 0 Å². The van der Waals surface area contributed by atoms with Crippen molar-refractivity contribution in [2.24, 2.45) is 0 Å². The number of hydrogen-bond donors (Lipinski definition) is 1. The molecular formula is C11H14O. The molecule has 12 heavy (non-hydrogen) atoms. The van der Waals surface area contributed by atoms with Crippen LogP contribution in [0.4, 0.5) is 0 Å². The van der Waals surface area contributed by atoms with Crippen LogP contribution in [0, 0.1) is 13.8 Å². The third-order valence-corrected chi connectivity index (χ3v) is 2.19. The summed E-state index contributed by atoms with van der Waals surface area (Å²) in [5, 5.41) is 9.52. The average molecular weight is 162 g/mol. The van der Waals surface area contributed by atoms with Crippen molar-refractivity contribution in [3.8, 4) is 0 Å². The average Bonchev–Trinajstić information content (AvgIpc) is 2.08. The molecule has 1 N–H and O–H groups in total. The van der Waals surface area contributed by atoms with Crippen LogP contribution >= 0.6 is 0 Å². The maximum Gasteiger partial charge on any atom is 0.0971 e. The zero-order chi connectivity index (χ0) is 9.14. The lowest BCUT2D eigenvalue weighted by atomic mass is 9.99. The number of aliphatic hydroxyl groups is 1. The minimum absolute atomic E-state index is 0.537. The van der Waals surface area contributed by atoms with Gasteiger partial charge in [0.05, 0.1) is 6.10 Å². The second-order valence-corrected chi connectivity index (χ2v) is 2.97. The Balaban J connectivity index is 3.15. The van der Waals surface area contributed by atoms with Gasteiger partial charge in [-0.2, -0.15) is 0 Å². The van der Waals surface area contributed by atoms with E-state index in [1.165, 1.54) is 5.56 Å². The maximum absolute atomic E-state index is 9.52. The van der Waals surface area contributed by atoms with Crippen LogP contribution in [-0.4, -0.2) is 5.11 Å². The van der Waals surface area contributed by atoms with Crippen LogP contribution in [0.15, 0.2) is 30.9 Å². The lowest BCUT2D eigenvalue weighted by molar-refractivity contribution is 0.228. The van der Waals surface area contributed by atoms with Crippen molar-refractivity contribution in [1.29, 1.82) is 0 Å². The summed E-state index contributed by atoms with van der Waals surface area (Å²) in [6, 6.07) is 5.91. The molecule has 0 aliphatic rings. The highest BCUT2D eigenvalue weighted by Gasteiger charge is 2.06. The van der Waals surface area contributed by atoms with Gasteiger partial charge in [-0.1, -0.05) is 24.3 Å². The zero-order valence-electron chi connectivity index (χ0n) is 7.54. The van der Waals surface area contributed by atoms with Gasteiger partial charge in [-0.3, -0.25) is 0 Å². The van der Waals surface area contributed by atoms with E-state index in [9.17, 15) is 5.11 Å². The molecule has 1 aromatic carbocycles. The molecule has 1 heteroatoms. The molecule has 1 aromatic rings. The molecular weight excluding hydrogens is 148 g/mol. The quantitative estimate of drug-likeness (QED) is 0.662. The Morgan fingerprint density at radius 1 is 1.42 bits per heavy atom. The summed E-state index contributed by atoms with van der Waals surface area (Å²) in [6.07, 6.45) is 1.01. The fraction of sp³-hybridized carbons (Fsp3) is 0.273. The van der Waals surface area contributed by atoms with E-state index in [0.717, 1.165) is 11.1 Å². The number of benzene rings is 1. The highest BCUT2D eigenvalue weighted by atomic mass is 16.3. The normalized spacial score (nSPS) is 12.6. The maximum atomic E-state index is 9.52. The fourth-order valence-corrected chi connectivity index (χ4v) is 1.22. The van der Waals surface area contributed by atoms with Crippen LogP contribution in [0.25, 0.3) is 0 Å². The molecule has 0 amide bonds. The summed E-state index contributed by atoms with van der Waals surface area (Å²) < 4.78 is 0. The van der Waals surface area contributed by atoms with Gasteiger partial charge in [-0.05, 0) is 30.5 Å². The van der Waals surface area contributed by atoms with Gasteiger partial charge in [-0.25, -0.2) is 0 Å². The van der Waals surface area contributed by atoms with E-state index >= 15 is 0 Å². The molecule has 1 unspecified atom stereocenters. The fourth-order valence-electron chi connectivity index (χ4n) is 1.22. The van der Waals surface area contributed by atoms with Crippen molar-refractivity contribution < 1.29 is 5.11 Å². The Morgan fingerprint density at radius 2 is 2.08 bits per heavy atom. The van der Waals surface area contributed by atoms with Crippen LogP contribution in [0.2, 0.25) is 0 Å². The van der Waals surface area contributed by atoms with E-state index < -0.39 is 6.10 Å². The van der Waals surface area contributed by atoms with E-state index in [1.54, 1.807) is 6.08 Å². The van der Waals surface area contributed by atoms with Crippen LogP contribution in [0.3, 0.4) is 0 Å².